The normalized spacial score (nSPS) is 11.6. The van der Waals surface area contributed by atoms with E-state index in [0.717, 1.165) is 0 Å². The van der Waals surface area contributed by atoms with Crippen molar-refractivity contribution in [3.05, 3.63) is 28.8 Å². The van der Waals surface area contributed by atoms with Gasteiger partial charge in [-0.05, 0) is 12.1 Å². The summed E-state index contributed by atoms with van der Waals surface area (Å²) in [5.74, 6) is 0. The fourth-order valence-electron chi connectivity index (χ4n) is 1.48. The second kappa shape index (κ2) is 5.60. The number of alkyl halides is 3. The summed E-state index contributed by atoms with van der Waals surface area (Å²) in [6, 6.07) is 4.86. The highest BCUT2D eigenvalue weighted by Crippen LogP contribution is 2.28. The van der Waals surface area contributed by atoms with Gasteiger partial charge in [-0.1, -0.05) is 17.7 Å². The van der Waals surface area contributed by atoms with Gasteiger partial charge in [0.1, 0.15) is 0 Å². The molecule has 0 unspecified atom stereocenters. The standard InChI is InChI=1S/C11H13ClF3NO/c1-16(6-5-11(13,14)15)10-4-2-3-9(12)8(10)7-17/h2-4,17H,5-7H2,1H3. The lowest BCUT2D eigenvalue weighted by Gasteiger charge is -2.23. The molecule has 0 atom stereocenters. The van der Waals surface area contributed by atoms with Gasteiger partial charge in [0, 0.05) is 29.9 Å². The van der Waals surface area contributed by atoms with Crippen molar-refractivity contribution in [1.82, 2.24) is 0 Å². The van der Waals surface area contributed by atoms with Crippen LogP contribution in [0.25, 0.3) is 0 Å². The highest BCUT2D eigenvalue weighted by Gasteiger charge is 2.27. The number of hydrogen-bond donors (Lipinski definition) is 1. The first-order valence-electron chi connectivity index (χ1n) is 5.01. The van der Waals surface area contributed by atoms with E-state index in [4.69, 9.17) is 16.7 Å². The van der Waals surface area contributed by atoms with E-state index >= 15 is 0 Å². The van der Waals surface area contributed by atoms with Gasteiger partial charge in [0.15, 0.2) is 0 Å². The van der Waals surface area contributed by atoms with Crippen LogP contribution in [0.5, 0.6) is 0 Å². The molecule has 0 aromatic heterocycles. The summed E-state index contributed by atoms with van der Waals surface area (Å²) in [7, 11) is 1.54. The van der Waals surface area contributed by atoms with Crippen LogP contribution in [0.15, 0.2) is 18.2 Å². The predicted octanol–water partition coefficient (Wildman–Crippen LogP) is 3.22. The molecule has 1 aromatic carbocycles. The van der Waals surface area contributed by atoms with Crippen LogP contribution in [0.4, 0.5) is 18.9 Å². The Bertz CT molecular complexity index is 381. The average molecular weight is 268 g/mol. The number of nitrogens with zero attached hydrogens (tertiary/aromatic N) is 1. The molecule has 96 valence electrons. The van der Waals surface area contributed by atoms with E-state index in [1.807, 2.05) is 0 Å². The first-order chi connectivity index (χ1) is 7.85. The first kappa shape index (κ1) is 14.1. The average Bonchev–Trinajstić information content (AvgIpc) is 2.24. The third kappa shape index (κ3) is 4.09. The van der Waals surface area contributed by atoms with E-state index in [1.54, 1.807) is 18.2 Å². The summed E-state index contributed by atoms with van der Waals surface area (Å²) >= 11 is 5.85. The smallest absolute Gasteiger partial charge is 0.390 e. The summed E-state index contributed by atoms with van der Waals surface area (Å²) in [5, 5.41) is 9.49. The largest absolute Gasteiger partial charge is 0.392 e. The predicted molar refractivity (Wildman–Crippen MR) is 61.3 cm³/mol. The van der Waals surface area contributed by atoms with Crippen molar-refractivity contribution in [3.8, 4) is 0 Å². The van der Waals surface area contributed by atoms with Crippen LogP contribution in [0.3, 0.4) is 0 Å². The molecule has 0 amide bonds. The molecule has 0 saturated carbocycles. The molecule has 0 heterocycles. The van der Waals surface area contributed by atoms with Gasteiger partial charge in [0.25, 0.3) is 0 Å². The van der Waals surface area contributed by atoms with Crippen LogP contribution < -0.4 is 4.90 Å². The van der Waals surface area contributed by atoms with E-state index in [9.17, 15) is 13.2 Å². The van der Waals surface area contributed by atoms with Crippen LogP contribution in [0, 0.1) is 0 Å². The van der Waals surface area contributed by atoms with E-state index in [1.165, 1.54) is 11.9 Å². The Morgan fingerprint density at radius 3 is 2.53 bits per heavy atom. The molecule has 2 nitrogen and oxygen atoms in total. The SMILES string of the molecule is CN(CCC(F)(F)F)c1cccc(Cl)c1CO. The van der Waals surface area contributed by atoms with Gasteiger partial charge in [0.05, 0.1) is 13.0 Å². The number of hydrogen-bond acceptors (Lipinski definition) is 2. The van der Waals surface area contributed by atoms with E-state index in [-0.39, 0.29) is 13.2 Å². The number of aliphatic hydroxyl groups excluding tert-OH is 1. The Hall–Kier alpha value is -0.940. The quantitative estimate of drug-likeness (QED) is 0.905. The Kier molecular flexibility index (Phi) is 4.65. The second-order valence-corrected chi connectivity index (χ2v) is 4.09. The minimum atomic E-state index is -4.19. The van der Waals surface area contributed by atoms with Crippen molar-refractivity contribution >= 4 is 17.3 Å². The Balaban J connectivity index is 2.82. The van der Waals surface area contributed by atoms with Gasteiger partial charge in [-0.2, -0.15) is 13.2 Å². The molecule has 0 fully saturated rings. The van der Waals surface area contributed by atoms with Crippen molar-refractivity contribution in [2.45, 2.75) is 19.2 Å². The van der Waals surface area contributed by atoms with Crippen molar-refractivity contribution in [2.24, 2.45) is 0 Å². The van der Waals surface area contributed by atoms with Gasteiger partial charge >= 0.3 is 6.18 Å². The number of anilines is 1. The molecular formula is C11H13ClF3NO. The second-order valence-electron chi connectivity index (χ2n) is 3.68. The lowest BCUT2D eigenvalue weighted by atomic mass is 10.1. The van der Waals surface area contributed by atoms with Crippen LogP contribution in [-0.4, -0.2) is 24.9 Å². The molecule has 0 aliphatic rings. The van der Waals surface area contributed by atoms with Crippen LogP contribution in [0.2, 0.25) is 5.02 Å². The molecular weight excluding hydrogens is 255 g/mol. The Morgan fingerprint density at radius 2 is 2.00 bits per heavy atom. The zero-order chi connectivity index (χ0) is 13.1. The van der Waals surface area contributed by atoms with Gasteiger partial charge < -0.3 is 10.0 Å². The molecule has 0 aliphatic heterocycles. The number of halogens is 4. The molecule has 1 aromatic rings. The van der Waals surface area contributed by atoms with Gasteiger partial charge in [-0.25, -0.2) is 0 Å². The van der Waals surface area contributed by atoms with Crippen molar-refractivity contribution < 1.29 is 18.3 Å². The molecule has 0 saturated heterocycles. The highest BCUT2D eigenvalue weighted by molar-refractivity contribution is 6.31. The zero-order valence-corrected chi connectivity index (χ0v) is 10.0. The first-order valence-corrected chi connectivity index (χ1v) is 5.39. The molecule has 1 rings (SSSR count). The molecule has 6 heteroatoms. The topological polar surface area (TPSA) is 23.5 Å². The van der Waals surface area contributed by atoms with Crippen LogP contribution >= 0.6 is 11.6 Å². The number of aliphatic hydroxyl groups is 1. The molecule has 17 heavy (non-hydrogen) atoms. The maximum absolute atomic E-state index is 12.1. The number of benzene rings is 1. The Morgan fingerprint density at radius 1 is 1.35 bits per heavy atom. The Labute approximate surface area is 103 Å². The summed E-state index contributed by atoms with van der Waals surface area (Å²) in [4.78, 5) is 1.44. The minimum Gasteiger partial charge on any atom is -0.392 e. The molecule has 1 N–H and O–H groups in total. The van der Waals surface area contributed by atoms with Crippen molar-refractivity contribution in [3.63, 3.8) is 0 Å². The maximum Gasteiger partial charge on any atom is 0.390 e. The van der Waals surface area contributed by atoms with E-state index in [0.29, 0.717) is 16.3 Å². The van der Waals surface area contributed by atoms with Crippen molar-refractivity contribution in [1.29, 1.82) is 0 Å². The van der Waals surface area contributed by atoms with Crippen molar-refractivity contribution in [2.75, 3.05) is 18.5 Å². The zero-order valence-electron chi connectivity index (χ0n) is 9.26. The molecule has 0 aliphatic carbocycles. The molecule has 0 radical (unpaired) electrons. The summed E-state index contributed by atoms with van der Waals surface area (Å²) in [5.41, 5.74) is 0.961. The number of rotatable bonds is 4. The lowest BCUT2D eigenvalue weighted by molar-refractivity contribution is -0.132. The van der Waals surface area contributed by atoms with Gasteiger partial charge in [-0.15, -0.1) is 0 Å². The van der Waals surface area contributed by atoms with E-state index < -0.39 is 12.6 Å². The van der Waals surface area contributed by atoms with Gasteiger partial charge in [-0.3, -0.25) is 0 Å². The molecule has 0 spiro atoms. The monoisotopic (exact) mass is 267 g/mol. The lowest BCUT2D eigenvalue weighted by Crippen LogP contribution is -2.25. The maximum atomic E-state index is 12.1. The third-order valence-electron chi connectivity index (χ3n) is 2.39. The van der Waals surface area contributed by atoms with E-state index in [2.05, 4.69) is 0 Å². The minimum absolute atomic E-state index is 0.170. The summed E-state index contributed by atoms with van der Waals surface area (Å²) in [6.45, 7) is -0.470. The summed E-state index contributed by atoms with van der Waals surface area (Å²) < 4.78 is 36.3. The third-order valence-corrected chi connectivity index (χ3v) is 2.75. The highest BCUT2D eigenvalue weighted by atomic mass is 35.5. The molecule has 0 bridgehead atoms. The van der Waals surface area contributed by atoms with Crippen LogP contribution in [-0.2, 0) is 6.61 Å². The van der Waals surface area contributed by atoms with Gasteiger partial charge in [0.2, 0.25) is 0 Å². The summed E-state index contributed by atoms with van der Waals surface area (Å²) in [6.07, 6.45) is -5.09. The fourth-order valence-corrected chi connectivity index (χ4v) is 1.71. The fraction of sp³-hybridized carbons (Fsp3) is 0.455. The van der Waals surface area contributed by atoms with Crippen LogP contribution in [0.1, 0.15) is 12.0 Å².